The van der Waals surface area contributed by atoms with Crippen LogP contribution in [0.3, 0.4) is 0 Å². The van der Waals surface area contributed by atoms with Gasteiger partial charge < -0.3 is 0 Å². The molecule has 4 aromatic carbocycles. The minimum absolute atomic E-state index is 0.0115. The van der Waals surface area contributed by atoms with Gasteiger partial charge in [-0.15, -0.1) is 0 Å². The third-order valence-corrected chi connectivity index (χ3v) is 6.96. The Balaban J connectivity index is 1.80. The summed E-state index contributed by atoms with van der Waals surface area (Å²) < 4.78 is 0. The molecule has 1 aliphatic rings. The first-order chi connectivity index (χ1) is 13.8. The zero-order chi connectivity index (χ0) is 20.5. The van der Waals surface area contributed by atoms with Gasteiger partial charge in [-0.05, 0) is 66.8 Å². The Kier molecular flexibility index (Phi) is 3.94. The van der Waals surface area contributed by atoms with Gasteiger partial charge in [-0.3, -0.25) is 0 Å². The van der Waals surface area contributed by atoms with Crippen LogP contribution < -0.4 is 0 Å². The Bertz CT molecular complexity index is 1170. The Labute approximate surface area is 174 Å². The molecule has 0 heteroatoms. The van der Waals surface area contributed by atoms with E-state index in [4.69, 9.17) is 0 Å². The molecule has 0 aromatic heterocycles. The van der Waals surface area contributed by atoms with Crippen molar-refractivity contribution in [1.29, 1.82) is 0 Å². The van der Waals surface area contributed by atoms with Gasteiger partial charge in [0.1, 0.15) is 0 Å². The van der Waals surface area contributed by atoms with Gasteiger partial charge in [-0.2, -0.15) is 0 Å². The van der Waals surface area contributed by atoms with Gasteiger partial charge in [-0.1, -0.05) is 102 Å². The lowest BCUT2D eigenvalue weighted by Crippen LogP contribution is -2.16. The minimum Gasteiger partial charge on any atom is -0.0587 e. The zero-order valence-corrected chi connectivity index (χ0v) is 18.4. The fourth-order valence-corrected chi connectivity index (χ4v) is 5.34. The van der Waals surface area contributed by atoms with Gasteiger partial charge in [0.25, 0.3) is 0 Å². The van der Waals surface area contributed by atoms with Gasteiger partial charge in [-0.25, -0.2) is 0 Å². The van der Waals surface area contributed by atoms with E-state index >= 15 is 0 Å². The smallest absolute Gasteiger partial charge is 0.0171 e. The van der Waals surface area contributed by atoms with E-state index in [9.17, 15) is 0 Å². The number of hydrogen-bond donors (Lipinski definition) is 0. The molecule has 5 rings (SSSR count). The molecule has 0 radical (unpaired) electrons. The van der Waals surface area contributed by atoms with Crippen LogP contribution in [-0.4, -0.2) is 0 Å². The summed E-state index contributed by atoms with van der Waals surface area (Å²) in [6.07, 6.45) is 0. The molecule has 1 aliphatic carbocycles. The first-order valence-electron chi connectivity index (χ1n) is 10.9. The predicted octanol–water partition coefficient (Wildman–Crippen LogP) is 8.55. The van der Waals surface area contributed by atoms with Crippen molar-refractivity contribution < 1.29 is 0 Å². The van der Waals surface area contributed by atoms with Crippen molar-refractivity contribution in [3.63, 3.8) is 0 Å². The summed E-state index contributed by atoms with van der Waals surface area (Å²) in [5, 5.41) is 5.53. The Morgan fingerprint density at radius 3 is 1.34 bits per heavy atom. The van der Waals surface area contributed by atoms with Crippen LogP contribution in [0.1, 0.15) is 75.6 Å². The van der Waals surface area contributed by atoms with Gasteiger partial charge >= 0.3 is 0 Å². The Morgan fingerprint density at radius 1 is 0.552 bits per heavy atom. The molecule has 0 heterocycles. The highest BCUT2D eigenvalue weighted by Gasteiger charge is 2.38. The molecule has 0 saturated carbocycles. The lowest BCUT2D eigenvalue weighted by Gasteiger charge is -2.25. The molecule has 0 N–H and O–H groups in total. The molecule has 0 atom stereocenters. The zero-order valence-electron chi connectivity index (χ0n) is 18.4. The second-order valence-electron chi connectivity index (χ2n) is 9.87. The van der Waals surface area contributed by atoms with Gasteiger partial charge in [0.15, 0.2) is 0 Å². The molecule has 146 valence electrons. The number of hydrogen-bond acceptors (Lipinski definition) is 0. The second kappa shape index (κ2) is 6.20. The summed E-state index contributed by atoms with van der Waals surface area (Å²) in [6.45, 7) is 13.9. The monoisotopic (exact) mass is 378 g/mol. The van der Waals surface area contributed by atoms with Crippen molar-refractivity contribution in [2.75, 3.05) is 0 Å². The molecular weight excluding hydrogens is 348 g/mol. The normalized spacial score (nSPS) is 14.8. The third kappa shape index (κ3) is 2.58. The predicted molar refractivity (Wildman–Crippen MR) is 127 cm³/mol. The Hall–Kier alpha value is -2.60. The van der Waals surface area contributed by atoms with Crippen molar-refractivity contribution in [2.45, 2.75) is 58.8 Å². The molecule has 0 spiro atoms. The summed E-state index contributed by atoms with van der Waals surface area (Å²) in [6, 6.07) is 23.5. The van der Waals surface area contributed by atoms with E-state index in [2.05, 4.69) is 102 Å². The van der Waals surface area contributed by atoms with Gasteiger partial charge in [0.05, 0.1) is 0 Å². The third-order valence-electron chi connectivity index (χ3n) is 6.96. The van der Waals surface area contributed by atoms with Crippen LogP contribution in [0.2, 0.25) is 0 Å². The minimum atomic E-state index is -0.0115. The second-order valence-corrected chi connectivity index (χ2v) is 9.87. The molecule has 0 fully saturated rings. The van der Waals surface area contributed by atoms with Crippen LogP contribution in [0, 0.1) is 0 Å². The van der Waals surface area contributed by atoms with E-state index in [0.29, 0.717) is 11.8 Å². The van der Waals surface area contributed by atoms with Crippen molar-refractivity contribution in [3.05, 3.63) is 82.9 Å². The number of rotatable bonds is 2. The Morgan fingerprint density at radius 2 is 0.966 bits per heavy atom. The summed E-state index contributed by atoms with van der Waals surface area (Å²) >= 11 is 0. The summed E-state index contributed by atoms with van der Waals surface area (Å²) in [5.74, 6) is 1.11. The van der Waals surface area contributed by atoms with Gasteiger partial charge in [0.2, 0.25) is 0 Å². The number of benzene rings is 4. The van der Waals surface area contributed by atoms with Crippen LogP contribution in [-0.2, 0) is 5.41 Å². The average Bonchev–Trinajstić information content (AvgIpc) is 2.94. The highest BCUT2D eigenvalue weighted by atomic mass is 14.4. The SMILES string of the molecule is CC(C)c1ccc2c3c(ccc2c1)-c1ccc2cc(C(C)C)ccc2c1C3(C)C. The van der Waals surface area contributed by atoms with E-state index in [-0.39, 0.29) is 5.41 Å². The number of fused-ring (bicyclic) bond motifs is 7. The molecule has 0 unspecified atom stereocenters. The van der Waals surface area contributed by atoms with Crippen LogP contribution in [0.4, 0.5) is 0 Å². The largest absolute Gasteiger partial charge is 0.0587 e. The summed E-state index contributed by atoms with van der Waals surface area (Å²) in [7, 11) is 0. The van der Waals surface area contributed by atoms with Crippen LogP contribution in [0.5, 0.6) is 0 Å². The maximum atomic E-state index is 2.41. The van der Waals surface area contributed by atoms with Crippen molar-refractivity contribution in [2.24, 2.45) is 0 Å². The van der Waals surface area contributed by atoms with Crippen LogP contribution in [0.15, 0.2) is 60.7 Å². The van der Waals surface area contributed by atoms with Crippen LogP contribution >= 0.6 is 0 Å². The molecule has 4 aromatic rings. The van der Waals surface area contributed by atoms with Crippen molar-refractivity contribution >= 4 is 21.5 Å². The van der Waals surface area contributed by atoms with Crippen LogP contribution in [0.25, 0.3) is 32.7 Å². The van der Waals surface area contributed by atoms with Crippen molar-refractivity contribution in [1.82, 2.24) is 0 Å². The van der Waals surface area contributed by atoms with Crippen molar-refractivity contribution in [3.8, 4) is 11.1 Å². The summed E-state index contributed by atoms with van der Waals surface area (Å²) in [4.78, 5) is 0. The van der Waals surface area contributed by atoms with E-state index in [1.165, 1.54) is 54.9 Å². The fourth-order valence-electron chi connectivity index (χ4n) is 5.34. The molecule has 0 bridgehead atoms. The molecule has 29 heavy (non-hydrogen) atoms. The fraction of sp³-hybridized carbons (Fsp3) is 0.310. The highest BCUT2D eigenvalue weighted by molar-refractivity contribution is 6.03. The first-order valence-corrected chi connectivity index (χ1v) is 10.9. The quantitative estimate of drug-likeness (QED) is 0.328. The van der Waals surface area contributed by atoms with E-state index in [1.54, 1.807) is 0 Å². The lowest BCUT2D eigenvalue weighted by atomic mass is 9.78. The van der Waals surface area contributed by atoms with E-state index in [1.807, 2.05) is 0 Å². The average molecular weight is 379 g/mol. The highest BCUT2D eigenvalue weighted by Crippen LogP contribution is 2.53. The maximum Gasteiger partial charge on any atom is 0.0171 e. The lowest BCUT2D eigenvalue weighted by molar-refractivity contribution is 0.672. The molecular formula is C29H30. The maximum absolute atomic E-state index is 2.41. The van der Waals surface area contributed by atoms with E-state index in [0.717, 1.165) is 0 Å². The molecule has 0 nitrogen and oxygen atoms in total. The molecule has 0 amide bonds. The van der Waals surface area contributed by atoms with E-state index < -0.39 is 0 Å². The first kappa shape index (κ1) is 18.4. The standard InChI is InChI=1S/C29H30/c1-17(2)19-7-11-23-21(15-19)9-13-25-26-14-10-22-16-20(18(3)4)8-12-24(22)28(26)29(5,6)27(23)25/h7-18H,1-6H3. The molecule has 0 saturated heterocycles. The topological polar surface area (TPSA) is 0 Å². The molecule has 0 aliphatic heterocycles. The summed E-state index contributed by atoms with van der Waals surface area (Å²) in [5.41, 5.74) is 8.60. The van der Waals surface area contributed by atoms with Gasteiger partial charge in [0, 0.05) is 5.41 Å².